The van der Waals surface area contributed by atoms with Crippen LogP contribution in [0.2, 0.25) is 0 Å². The molecular weight excluding hydrogens is 619 g/mol. The Morgan fingerprint density at radius 3 is 0.796 bits per heavy atom. The van der Waals surface area contributed by atoms with E-state index in [1.807, 2.05) is 54.6 Å². The van der Waals surface area contributed by atoms with Crippen molar-refractivity contribution in [1.29, 1.82) is 0 Å². The van der Waals surface area contributed by atoms with Crippen LogP contribution in [0, 0.1) is 0 Å². The van der Waals surface area contributed by atoms with Crippen molar-refractivity contribution in [3.05, 3.63) is 197 Å². The predicted octanol–water partition coefficient (Wildman–Crippen LogP) is 12.4. The van der Waals surface area contributed by atoms with Crippen LogP contribution < -0.4 is 13.6 Å². The second-order valence-electron chi connectivity index (χ2n) is 14.0. The minimum absolute atomic E-state index is 0.334. The molecule has 0 aromatic heterocycles. The third-order valence-corrected chi connectivity index (χ3v) is 10.7. The van der Waals surface area contributed by atoms with Crippen molar-refractivity contribution in [2.45, 2.75) is 57.8 Å². The van der Waals surface area contributed by atoms with Crippen molar-refractivity contribution in [2.75, 3.05) is 0 Å². The van der Waals surface area contributed by atoms with E-state index in [0.717, 1.165) is 33.9 Å². The monoisotopic (exact) mass is 664 g/mol. The van der Waals surface area contributed by atoms with Gasteiger partial charge in [-0.3, -0.25) is 0 Å². The first-order valence-corrected chi connectivity index (χ1v) is 18.0. The maximum atomic E-state index is 6.93. The molecule has 0 unspecified atom stereocenters. The molecule has 4 heteroatoms. The van der Waals surface area contributed by atoms with Crippen molar-refractivity contribution in [3.63, 3.8) is 0 Å². The molecule has 0 bridgehead atoms. The lowest BCUT2D eigenvalue weighted by Crippen LogP contribution is -2.22. The molecule has 6 aromatic rings. The Hall–Kier alpha value is -4.85. The molecule has 3 nitrogen and oxygen atoms in total. The van der Waals surface area contributed by atoms with E-state index in [0.29, 0.717) is 0 Å². The standard InChI is InChI=1S/C45H45O3P/c1-43(2,34-22-10-7-11-23-34)37-28-16-19-31-40(37)46-49(47-41-32-20-17-29-38(41)44(3,4)35-24-12-8-13-25-35)48-42-33-21-18-30-39(42)45(5,6)36-26-14-9-15-27-36/h7-33H,1-6H3. The minimum Gasteiger partial charge on any atom is -0.408 e. The van der Waals surface area contributed by atoms with E-state index >= 15 is 0 Å². The second-order valence-corrected chi connectivity index (χ2v) is 15.0. The van der Waals surface area contributed by atoms with Crippen LogP contribution in [0.3, 0.4) is 0 Å². The van der Waals surface area contributed by atoms with Gasteiger partial charge in [-0.2, -0.15) is 0 Å². The van der Waals surface area contributed by atoms with Gasteiger partial charge in [0.25, 0.3) is 0 Å². The second kappa shape index (κ2) is 14.3. The van der Waals surface area contributed by atoms with Crippen LogP contribution in [0.4, 0.5) is 0 Å². The third kappa shape index (κ3) is 7.28. The summed E-state index contributed by atoms with van der Waals surface area (Å²) in [5, 5.41) is 0. The first kappa shape index (κ1) is 34.0. The van der Waals surface area contributed by atoms with Gasteiger partial charge in [0.1, 0.15) is 17.2 Å². The molecule has 0 atom stereocenters. The van der Waals surface area contributed by atoms with Gasteiger partial charge in [-0.15, -0.1) is 0 Å². The zero-order valence-corrected chi connectivity index (χ0v) is 30.2. The summed E-state index contributed by atoms with van der Waals surface area (Å²) in [7, 11) is -1.99. The molecule has 0 saturated heterocycles. The van der Waals surface area contributed by atoms with Crippen molar-refractivity contribution < 1.29 is 13.6 Å². The molecule has 6 aromatic carbocycles. The Labute approximate surface area is 293 Å². The van der Waals surface area contributed by atoms with Crippen molar-refractivity contribution in [1.82, 2.24) is 0 Å². The molecule has 0 N–H and O–H groups in total. The fourth-order valence-corrected chi connectivity index (χ4v) is 7.59. The molecule has 0 saturated carbocycles. The normalized spacial score (nSPS) is 12.1. The highest BCUT2D eigenvalue weighted by atomic mass is 31.2. The molecule has 0 heterocycles. The fraction of sp³-hybridized carbons (Fsp3) is 0.200. The van der Waals surface area contributed by atoms with Crippen LogP contribution in [0.15, 0.2) is 164 Å². The molecule has 0 fully saturated rings. The van der Waals surface area contributed by atoms with Gasteiger partial charge >= 0.3 is 8.60 Å². The van der Waals surface area contributed by atoms with Gasteiger partial charge in [-0.05, 0) is 34.9 Å². The zero-order chi connectivity index (χ0) is 34.5. The third-order valence-electron chi connectivity index (χ3n) is 9.69. The highest BCUT2D eigenvalue weighted by molar-refractivity contribution is 7.43. The molecular formula is C45H45O3P. The van der Waals surface area contributed by atoms with E-state index in [1.165, 1.54) is 16.7 Å². The first-order valence-electron chi connectivity index (χ1n) is 16.9. The Balaban J connectivity index is 1.43. The summed E-state index contributed by atoms with van der Waals surface area (Å²) in [6, 6.07) is 56.3. The largest absolute Gasteiger partial charge is 0.530 e. The van der Waals surface area contributed by atoms with Gasteiger partial charge < -0.3 is 13.6 Å². The predicted molar refractivity (Wildman–Crippen MR) is 204 cm³/mol. The SMILES string of the molecule is CC(C)(c1ccccc1)c1ccccc1OP(Oc1ccccc1C(C)(C)c1ccccc1)Oc1ccccc1C(C)(C)c1ccccc1. The highest BCUT2D eigenvalue weighted by Gasteiger charge is 2.34. The van der Waals surface area contributed by atoms with E-state index in [1.54, 1.807) is 0 Å². The van der Waals surface area contributed by atoms with Gasteiger partial charge in [-0.25, -0.2) is 0 Å². The highest BCUT2D eigenvalue weighted by Crippen LogP contribution is 2.50. The van der Waals surface area contributed by atoms with Crippen molar-refractivity contribution >= 4 is 8.60 Å². The molecule has 0 spiro atoms. The number of benzene rings is 6. The number of hydrogen-bond donors (Lipinski definition) is 0. The van der Waals surface area contributed by atoms with Crippen molar-refractivity contribution in [3.8, 4) is 17.2 Å². The molecule has 6 rings (SSSR count). The minimum atomic E-state index is -1.99. The zero-order valence-electron chi connectivity index (χ0n) is 29.3. The van der Waals surface area contributed by atoms with Crippen LogP contribution in [0.25, 0.3) is 0 Å². The van der Waals surface area contributed by atoms with Gasteiger partial charge in [-0.1, -0.05) is 187 Å². The van der Waals surface area contributed by atoms with E-state index in [-0.39, 0.29) is 16.2 Å². The lowest BCUT2D eigenvalue weighted by molar-refractivity contribution is 0.375. The Morgan fingerprint density at radius 2 is 0.531 bits per heavy atom. The number of rotatable bonds is 12. The maximum Gasteiger partial charge on any atom is 0.530 e. The molecule has 0 aliphatic carbocycles. The van der Waals surface area contributed by atoms with Gasteiger partial charge in [0.15, 0.2) is 0 Å². The lowest BCUT2D eigenvalue weighted by Gasteiger charge is -2.32. The van der Waals surface area contributed by atoms with Crippen molar-refractivity contribution in [2.24, 2.45) is 0 Å². The van der Waals surface area contributed by atoms with Gasteiger partial charge in [0.05, 0.1) is 0 Å². The van der Waals surface area contributed by atoms with Crippen LogP contribution in [0.5, 0.6) is 17.2 Å². The maximum absolute atomic E-state index is 6.93. The molecule has 0 radical (unpaired) electrons. The smallest absolute Gasteiger partial charge is 0.408 e. The molecule has 0 aliphatic heterocycles. The number of para-hydroxylation sites is 3. The summed E-state index contributed by atoms with van der Waals surface area (Å²) in [5.74, 6) is 2.17. The summed E-state index contributed by atoms with van der Waals surface area (Å²) in [6.45, 7) is 13.4. The van der Waals surface area contributed by atoms with E-state index < -0.39 is 8.60 Å². The van der Waals surface area contributed by atoms with Crippen LogP contribution in [-0.2, 0) is 16.2 Å². The number of hydrogen-bond acceptors (Lipinski definition) is 3. The topological polar surface area (TPSA) is 27.7 Å². The van der Waals surface area contributed by atoms with E-state index in [9.17, 15) is 0 Å². The average Bonchev–Trinajstić information content (AvgIpc) is 3.13. The Bertz CT molecular complexity index is 1740. The van der Waals surface area contributed by atoms with E-state index in [2.05, 4.69) is 151 Å². The van der Waals surface area contributed by atoms with E-state index in [4.69, 9.17) is 13.6 Å². The molecule has 248 valence electrons. The van der Waals surface area contributed by atoms with Crippen LogP contribution in [0.1, 0.15) is 74.9 Å². The lowest BCUT2D eigenvalue weighted by atomic mass is 9.78. The quantitative estimate of drug-likeness (QED) is 0.122. The summed E-state index contributed by atoms with van der Waals surface area (Å²) in [5.41, 5.74) is 5.74. The average molecular weight is 665 g/mol. The van der Waals surface area contributed by atoms with Gasteiger partial charge in [0.2, 0.25) is 0 Å². The molecule has 0 amide bonds. The van der Waals surface area contributed by atoms with Gasteiger partial charge in [0, 0.05) is 32.9 Å². The first-order chi connectivity index (χ1) is 23.6. The summed E-state index contributed by atoms with van der Waals surface area (Å²) < 4.78 is 20.8. The molecule has 49 heavy (non-hydrogen) atoms. The summed E-state index contributed by atoms with van der Waals surface area (Å²) in [4.78, 5) is 0. The summed E-state index contributed by atoms with van der Waals surface area (Å²) in [6.07, 6.45) is 0. The van der Waals surface area contributed by atoms with Crippen LogP contribution >= 0.6 is 8.60 Å². The summed E-state index contributed by atoms with van der Waals surface area (Å²) >= 11 is 0. The Kier molecular flexibility index (Phi) is 9.95. The Morgan fingerprint density at radius 1 is 0.306 bits per heavy atom. The fourth-order valence-electron chi connectivity index (χ4n) is 6.52. The van der Waals surface area contributed by atoms with Crippen LogP contribution in [-0.4, -0.2) is 0 Å². The molecule has 0 aliphatic rings.